The predicted octanol–water partition coefficient (Wildman–Crippen LogP) is 3.54. The lowest BCUT2D eigenvalue weighted by atomic mass is 9.88. The molecule has 0 fully saturated rings. The summed E-state index contributed by atoms with van der Waals surface area (Å²) in [6.45, 7) is 7.92. The second-order valence-corrected chi connectivity index (χ2v) is 9.16. The Morgan fingerprint density at radius 2 is 1.85 bits per heavy atom. The molecule has 0 bridgehead atoms. The van der Waals surface area contributed by atoms with E-state index in [-0.39, 0.29) is 27.8 Å². The van der Waals surface area contributed by atoms with Crippen LogP contribution in [0, 0.1) is 5.41 Å². The fraction of sp³-hybridized carbons (Fsp3) is 0.462. The highest BCUT2D eigenvalue weighted by Gasteiger charge is 2.23. The monoisotopic (exact) mass is 381 g/mol. The van der Waals surface area contributed by atoms with Crippen LogP contribution in [0.3, 0.4) is 0 Å². The molecule has 0 radical (unpaired) electrons. The number of hydrogen-bond donors (Lipinski definition) is 1. The van der Waals surface area contributed by atoms with Crippen molar-refractivity contribution in [3.63, 3.8) is 0 Å². The Balaban J connectivity index is 3.09. The van der Waals surface area contributed by atoms with Crippen molar-refractivity contribution in [2.24, 2.45) is 5.41 Å². The fourth-order valence-electron chi connectivity index (χ4n) is 1.33. The van der Waals surface area contributed by atoms with Crippen molar-refractivity contribution in [2.75, 3.05) is 0 Å². The van der Waals surface area contributed by atoms with Gasteiger partial charge in [0.1, 0.15) is 0 Å². The van der Waals surface area contributed by atoms with E-state index < -0.39 is 9.05 Å². The SMILES string of the molecule is CC(NC(=O)c1cc(Br)cc(S(=O)(=O)Cl)c1)C(C)(C)C. The Morgan fingerprint density at radius 1 is 1.30 bits per heavy atom. The topological polar surface area (TPSA) is 63.2 Å². The molecule has 1 atom stereocenters. The summed E-state index contributed by atoms with van der Waals surface area (Å²) in [5.41, 5.74) is 0.151. The van der Waals surface area contributed by atoms with Crippen LogP contribution in [0.15, 0.2) is 27.6 Å². The zero-order valence-corrected chi connectivity index (χ0v) is 14.9. The van der Waals surface area contributed by atoms with E-state index in [0.717, 1.165) is 0 Å². The van der Waals surface area contributed by atoms with Crippen LogP contribution < -0.4 is 5.32 Å². The molecule has 1 N–H and O–H groups in total. The van der Waals surface area contributed by atoms with Gasteiger partial charge in [-0.2, -0.15) is 0 Å². The molecule has 0 heterocycles. The van der Waals surface area contributed by atoms with Gasteiger partial charge in [-0.3, -0.25) is 4.79 Å². The molecule has 1 unspecified atom stereocenters. The zero-order chi connectivity index (χ0) is 15.7. The smallest absolute Gasteiger partial charge is 0.261 e. The van der Waals surface area contributed by atoms with Crippen molar-refractivity contribution in [3.8, 4) is 0 Å². The summed E-state index contributed by atoms with van der Waals surface area (Å²) in [5, 5.41) is 2.84. The van der Waals surface area contributed by atoms with Gasteiger partial charge in [-0.1, -0.05) is 36.7 Å². The second-order valence-electron chi connectivity index (χ2n) is 5.67. The average molecular weight is 383 g/mol. The minimum atomic E-state index is -3.88. The maximum Gasteiger partial charge on any atom is 0.261 e. The molecule has 0 saturated heterocycles. The van der Waals surface area contributed by atoms with Gasteiger partial charge in [-0.15, -0.1) is 0 Å². The Bertz CT molecular complexity index is 623. The number of rotatable bonds is 3. The number of halogens is 2. The molecule has 20 heavy (non-hydrogen) atoms. The van der Waals surface area contributed by atoms with Gasteiger partial charge in [0.25, 0.3) is 15.0 Å². The fourth-order valence-corrected chi connectivity index (χ4v) is 2.78. The lowest BCUT2D eigenvalue weighted by Crippen LogP contribution is -2.41. The Labute approximate surface area is 132 Å². The molecular formula is C13H17BrClNO3S. The first-order valence-corrected chi connectivity index (χ1v) is 9.07. The van der Waals surface area contributed by atoms with E-state index in [1.54, 1.807) is 6.07 Å². The minimum Gasteiger partial charge on any atom is -0.349 e. The number of carbonyl (C=O) groups is 1. The summed E-state index contributed by atoms with van der Waals surface area (Å²) in [4.78, 5) is 12.1. The van der Waals surface area contributed by atoms with E-state index in [1.165, 1.54) is 12.1 Å². The number of benzene rings is 1. The molecule has 0 spiro atoms. The third-order valence-electron chi connectivity index (χ3n) is 3.06. The van der Waals surface area contributed by atoms with Crippen molar-refractivity contribution in [2.45, 2.75) is 38.6 Å². The lowest BCUT2D eigenvalue weighted by molar-refractivity contribution is 0.0910. The molecule has 1 aromatic carbocycles. The van der Waals surface area contributed by atoms with E-state index in [4.69, 9.17) is 10.7 Å². The first kappa shape index (κ1) is 17.5. The van der Waals surface area contributed by atoms with Crippen LogP contribution in [0.4, 0.5) is 0 Å². The van der Waals surface area contributed by atoms with Crippen molar-refractivity contribution in [1.82, 2.24) is 5.32 Å². The average Bonchev–Trinajstić information content (AvgIpc) is 2.25. The third kappa shape index (κ3) is 4.75. The van der Waals surface area contributed by atoms with Gasteiger partial charge in [-0.25, -0.2) is 8.42 Å². The highest BCUT2D eigenvalue weighted by atomic mass is 79.9. The number of carbonyl (C=O) groups excluding carboxylic acids is 1. The number of hydrogen-bond acceptors (Lipinski definition) is 3. The largest absolute Gasteiger partial charge is 0.349 e. The van der Waals surface area contributed by atoms with Crippen LogP contribution in [-0.2, 0) is 9.05 Å². The van der Waals surface area contributed by atoms with Crippen molar-refractivity contribution < 1.29 is 13.2 Å². The van der Waals surface area contributed by atoms with Crippen molar-refractivity contribution in [3.05, 3.63) is 28.2 Å². The second kappa shape index (κ2) is 6.03. The van der Waals surface area contributed by atoms with E-state index in [0.29, 0.717) is 4.47 Å². The molecule has 0 aliphatic carbocycles. The van der Waals surface area contributed by atoms with Crippen LogP contribution in [-0.4, -0.2) is 20.4 Å². The van der Waals surface area contributed by atoms with Crippen LogP contribution >= 0.6 is 26.6 Å². The molecule has 0 aliphatic heterocycles. The lowest BCUT2D eigenvalue weighted by Gasteiger charge is -2.28. The molecule has 0 saturated carbocycles. The summed E-state index contributed by atoms with van der Waals surface area (Å²) in [5.74, 6) is -0.338. The highest BCUT2D eigenvalue weighted by molar-refractivity contribution is 9.10. The van der Waals surface area contributed by atoms with E-state index in [1.807, 2.05) is 27.7 Å². The van der Waals surface area contributed by atoms with Gasteiger partial charge in [0.15, 0.2) is 0 Å². The molecule has 4 nitrogen and oxygen atoms in total. The maximum absolute atomic E-state index is 12.2. The predicted molar refractivity (Wildman–Crippen MR) is 83.6 cm³/mol. The first-order valence-electron chi connectivity index (χ1n) is 5.97. The molecule has 112 valence electrons. The van der Waals surface area contributed by atoms with Crippen molar-refractivity contribution >= 4 is 41.6 Å². The number of nitrogens with one attached hydrogen (secondary N) is 1. The molecule has 0 aromatic heterocycles. The summed E-state index contributed by atoms with van der Waals surface area (Å²) in [6, 6.07) is 4.10. The standard InChI is InChI=1S/C13H17BrClNO3S/c1-8(13(2,3)4)16-12(17)9-5-10(14)7-11(6-9)20(15,18)19/h5-8H,1-4H3,(H,16,17). The molecular weight excluding hydrogens is 366 g/mol. The minimum absolute atomic E-state index is 0.0648. The van der Waals surface area contributed by atoms with Gasteiger partial charge < -0.3 is 5.32 Å². The van der Waals surface area contributed by atoms with Gasteiger partial charge in [0, 0.05) is 26.8 Å². The van der Waals surface area contributed by atoms with Gasteiger partial charge in [-0.05, 0) is 30.5 Å². The quantitative estimate of drug-likeness (QED) is 0.813. The maximum atomic E-state index is 12.2. The molecule has 0 aliphatic rings. The van der Waals surface area contributed by atoms with Gasteiger partial charge in [0.2, 0.25) is 0 Å². The van der Waals surface area contributed by atoms with E-state index in [9.17, 15) is 13.2 Å². The molecule has 1 aromatic rings. The third-order valence-corrected chi connectivity index (χ3v) is 4.85. The molecule has 7 heteroatoms. The van der Waals surface area contributed by atoms with Gasteiger partial charge in [0.05, 0.1) is 4.90 Å². The molecule has 1 amide bonds. The summed E-state index contributed by atoms with van der Waals surface area (Å²) in [7, 11) is 1.43. The van der Waals surface area contributed by atoms with Crippen LogP contribution in [0.25, 0.3) is 0 Å². The summed E-state index contributed by atoms with van der Waals surface area (Å²) in [6.07, 6.45) is 0. The van der Waals surface area contributed by atoms with E-state index in [2.05, 4.69) is 21.2 Å². The number of amides is 1. The van der Waals surface area contributed by atoms with Crippen LogP contribution in [0.1, 0.15) is 38.1 Å². The Morgan fingerprint density at radius 3 is 2.30 bits per heavy atom. The molecule has 1 rings (SSSR count). The summed E-state index contributed by atoms with van der Waals surface area (Å²) >= 11 is 3.18. The Hall–Kier alpha value is -0.590. The summed E-state index contributed by atoms with van der Waals surface area (Å²) < 4.78 is 23.2. The van der Waals surface area contributed by atoms with Crippen LogP contribution in [0.2, 0.25) is 0 Å². The van der Waals surface area contributed by atoms with Gasteiger partial charge >= 0.3 is 0 Å². The zero-order valence-electron chi connectivity index (χ0n) is 11.7. The normalized spacial score (nSPS) is 13.9. The van der Waals surface area contributed by atoms with E-state index >= 15 is 0 Å². The van der Waals surface area contributed by atoms with Crippen molar-refractivity contribution in [1.29, 1.82) is 0 Å². The highest BCUT2D eigenvalue weighted by Crippen LogP contribution is 2.23. The van der Waals surface area contributed by atoms with Crippen LogP contribution in [0.5, 0.6) is 0 Å². The first-order chi connectivity index (χ1) is 8.91. The Kier molecular flexibility index (Phi) is 5.27.